The average molecular weight is 411 g/mol. The van der Waals surface area contributed by atoms with E-state index in [-0.39, 0.29) is 12.5 Å². The fourth-order valence-corrected chi connectivity index (χ4v) is 3.42. The lowest BCUT2D eigenvalue weighted by Crippen LogP contribution is -2.38. The Morgan fingerprint density at radius 3 is 2.67 bits per heavy atom. The van der Waals surface area contributed by atoms with E-state index in [2.05, 4.69) is 27.8 Å². The van der Waals surface area contributed by atoms with Gasteiger partial charge in [-0.2, -0.15) is 0 Å². The van der Waals surface area contributed by atoms with Gasteiger partial charge in [0.15, 0.2) is 17.5 Å². The average Bonchev–Trinajstić information content (AvgIpc) is 2.77. The second-order valence-corrected chi connectivity index (χ2v) is 6.95. The largest absolute Gasteiger partial charge is 0.493 e. The van der Waals surface area contributed by atoms with Crippen LogP contribution in [-0.2, 0) is 17.8 Å². The van der Waals surface area contributed by atoms with Crippen LogP contribution in [0.4, 0.5) is 5.69 Å². The first-order valence-electron chi connectivity index (χ1n) is 10.3. The zero-order chi connectivity index (χ0) is 21.3. The van der Waals surface area contributed by atoms with Crippen molar-refractivity contribution in [3.05, 3.63) is 53.6 Å². The third kappa shape index (κ3) is 5.43. The lowest BCUT2D eigenvalue weighted by Gasteiger charge is -2.28. The van der Waals surface area contributed by atoms with Crippen molar-refractivity contribution in [2.45, 2.75) is 26.8 Å². The molecule has 0 unspecified atom stereocenters. The molecule has 2 N–H and O–H groups in total. The fourth-order valence-electron chi connectivity index (χ4n) is 3.42. The molecule has 0 spiro atoms. The normalized spacial score (nSPS) is 13.4. The van der Waals surface area contributed by atoms with Crippen LogP contribution < -0.4 is 20.1 Å². The zero-order valence-corrected chi connectivity index (χ0v) is 17.9. The van der Waals surface area contributed by atoms with Crippen molar-refractivity contribution in [2.75, 3.05) is 38.7 Å². The lowest BCUT2D eigenvalue weighted by molar-refractivity contribution is -0.130. The minimum Gasteiger partial charge on any atom is -0.493 e. The molecule has 0 aromatic heterocycles. The molecule has 1 aliphatic heterocycles. The number of nitrogens with one attached hydrogen (secondary N) is 2. The number of ether oxygens (including phenoxy) is 2. The molecule has 1 heterocycles. The molecule has 0 fully saturated rings. The molecule has 3 rings (SSSR count). The molecule has 2 aromatic carbocycles. The van der Waals surface area contributed by atoms with E-state index in [1.54, 1.807) is 7.11 Å². The summed E-state index contributed by atoms with van der Waals surface area (Å²) >= 11 is 0. The van der Waals surface area contributed by atoms with E-state index < -0.39 is 0 Å². The third-order valence-electron chi connectivity index (χ3n) is 4.93. The Labute approximate surface area is 178 Å². The van der Waals surface area contributed by atoms with Crippen molar-refractivity contribution in [3.8, 4) is 11.5 Å². The summed E-state index contributed by atoms with van der Waals surface area (Å²) in [7, 11) is 1.61. The topological polar surface area (TPSA) is 75.2 Å². The lowest BCUT2D eigenvalue weighted by atomic mass is 10.00. The van der Waals surface area contributed by atoms with E-state index in [4.69, 9.17) is 9.47 Å². The molecule has 0 bridgehead atoms. The number of fused-ring (bicyclic) bond motifs is 1. The van der Waals surface area contributed by atoms with Gasteiger partial charge in [0.05, 0.1) is 13.7 Å². The Bertz CT molecular complexity index is 898. The number of benzene rings is 2. The predicted molar refractivity (Wildman–Crippen MR) is 119 cm³/mol. The SMILES string of the molecule is CCNC(=NCC(=O)N1CCc2ccccc2C1)Nc1ccc(OC)c(OCC)c1. The number of hydrogen-bond donors (Lipinski definition) is 2. The van der Waals surface area contributed by atoms with Gasteiger partial charge in [0.1, 0.15) is 6.54 Å². The van der Waals surface area contributed by atoms with E-state index >= 15 is 0 Å². The third-order valence-corrected chi connectivity index (χ3v) is 4.93. The van der Waals surface area contributed by atoms with E-state index in [0.717, 1.165) is 18.7 Å². The molecular weight excluding hydrogens is 380 g/mol. The van der Waals surface area contributed by atoms with Gasteiger partial charge in [-0.3, -0.25) is 4.79 Å². The monoisotopic (exact) mass is 410 g/mol. The maximum absolute atomic E-state index is 12.7. The number of hydrogen-bond acceptors (Lipinski definition) is 4. The van der Waals surface area contributed by atoms with Crippen LogP contribution >= 0.6 is 0 Å². The molecule has 0 saturated heterocycles. The molecule has 0 saturated carbocycles. The van der Waals surface area contributed by atoms with Gasteiger partial charge in [-0.05, 0) is 43.5 Å². The molecule has 7 nitrogen and oxygen atoms in total. The zero-order valence-electron chi connectivity index (χ0n) is 17.9. The Morgan fingerprint density at radius 2 is 1.93 bits per heavy atom. The molecule has 0 atom stereocenters. The number of carbonyl (C=O) groups is 1. The number of aliphatic imine (C=N–C) groups is 1. The van der Waals surface area contributed by atoms with Crippen LogP contribution in [0.25, 0.3) is 0 Å². The van der Waals surface area contributed by atoms with E-state index in [0.29, 0.717) is 37.2 Å². The number of methoxy groups -OCH3 is 1. The van der Waals surface area contributed by atoms with E-state index in [9.17, 15) is 4.79 Å². The fraction of sp³-hybridized carbons (Fsp3) is 0.391. The van der Waals surface area contributed by atoms with Gasteiger partial charge in [-0.15, -0.1) is 0 Å². The smallest absolute Gasteiger partial charge is 0.244 e. The summed E-state index contributed by atoms with van der Waals surface area (Å²) in [6.07, 6.45) is 0.885. The van der Waals surface area contributed by atoms with Gasteiger partial charge in [0.25, 0.3) is 0 Å². The Kier molecular flexibility index (Phi) is 7.54. The molecule has 1 aliphatic rings. The standard InChI is InChI=1S/C23H30N4O3/c1-4-24-23(26-19-10-11-20(29-3)21(14-19)30-5-2)25-15-22(28)27-13-12-17-8-6-7-9-18(17)16-27/h6-11,14H,4-5,12-13,15-16H2,1-3H3,(H2,24,25,26). The van der Waals surface area contributed by atoms with Gasteiger partial charge in [-0.25, -0.2) is 4.99 Å². The van der Waals surface area contributed by atoms with Gasteiger partial charge in [0, 0.05) is 31.4 Å². The number of carbonyl (C=O) groups excluding carboxylic acids is 1. The van der Waals surface area contributed by atoms with Crippen LogP contribution in [0, 0.1) is 0 Å². The molecule has 30 heavy (non-hydrogen) atoms. The highest BCUT2D eigenvalue weighted by molar-refractivity contribution is 5.95. The second kappa shape index (κ2) is 10.5. The van der Waals surface area contributed by atoms with Crippen LogP contribution in [0.2, 0.25) is 0 Å². The summed E-state index contributed by atoms with van der Waals surface area (Å²) < 4.78 is 11.0. The second-order valence-electron chi connectivity index (χ2n) is 6.95. The quantitative estimate of drug-likeness (QED) is 0.542. The minimum absolute atomic E-state index is 0.0199. The Balaban J connectivity index is 1.66. The van der Waals surface area contributed by atoms with Crippen molar-refractivity contribution >= 4 is 17.6 Å². The van der Waals surface area contributed by atoms with Crippen molar-refractivity contribution < 1.29 is 14.3 Å². The highest BCUT2D eigenvalue weighted by atomic mass is 16.5. The number of amides is 1. The summed E-state index contributed by atoms with van der Waals surface area (Å²) in [5, 5.41) is 6.42. The summed E-state index contributed by atoms with van der Waals surface area (Å²) in [5.74, 6) is 1.90. The van der Waals surface area contributed by atoms with Crippen molar-refractivity contribution in [2.24, 2.45) is 4.99 Å². The summed E-state index contributed by atoms with van der Waals surface area (Å²) in [4.78, 5) is 19.1. The molecule has 2 aromatic rings. The number of anilines is 1. The first-order valence-corrected chi connectivity index (χ1v) is 10.3. The molecule has 0 aliphatic carbocycles. The van der Waals surface area contributed by atoms with Gasteiger partial charge >= 0.3 is 0 Å². The summed E-state index contributed by atoms with van der Waals surface area (Å²) in [6.45, 7) is 6.60. The van der Waals surface area contributed by atoms with Gasteiger partial charge in [0.2, 0.25) is 5.91 Å². The van der Waals surface area contributed by atoms with E-state index in [1.165, 1.54) is 11.1 Å². The number of nitrogens with zero attached hydrogens (tertiary/aromatic N) is 2. The predicted octanol–water partition coefficient (Wildman–Crippen LogP) is 3.06. The van der Waals surface area contributed by atoms with Crippen LogP contribution in [0.1, 0.15) is 25.0 Å². The van der Waals surface area contributed by atoms with Crippen LogP contribution in [0.5, 0.6) is 11.5 Å². The van der Waals surface area contributed by atoms with E-state index in [1.807, 2.05) is 49.1 Å². The molecule has 0 radical (unpaired) electrons. The Morgan fingerprint density at radius 1 is 1.13 bits per heavy atom. The first kappa shape index (κ1) is 21.5. The van der Waals surface area contributed by atoms with Crippen molar-refractivity contribution in [1.29, 1.82) is 0 Å². The number of rotatable bonds is 7. The molecular formula is C23H30N4O3. The maximum atomic E-state index is 12.7. The van der Waals surface area contributed by atoms with Crippen molar-refractivity contribution in [1.82, 2.24) is 10.2 Å². The summed E-state index contributed by atoms with van der Waals surface area (Å²) in [6, 6.07) is 13.9. The maximum Gasteiger partial charge on any atom is 0.244 e. The summed E-state index contributed by atoms with van der Waals surface area (Å²) in [5.41, 5.74) is 3.34. The highest BCUT2D eigenvalue weighted by Crippen LogP contribution is 2.30. The van der Waals surface area contributed by atoms with Gasteiger partial charge < -0.3 is 25.0 Å². The first-order chi connectivity index (χ1) is 14.6. The van der Waals surface area contributed by atoms with Crippen molar-refractivity contribution in [3.63, 3.8) is 0 Å². The van der Waals surface area contributed by atoms with Crippen LogP contribution in [-0.4, -0.2) is 50.1 Å². The molecule has 7 heteroatoms. The molecule has 160 valence electrons. The van der Waals surface area contributed by atoms with Crippen LogP contribution in [0.15, 0.2) is 47.5 Å². The number of guanidine groups is 1. The Hall–Kier alpha value is -3.22. The minimum atomic E-state index is 0.0199. The van der Waals surface area contributed by atoms with Gasteiger partial charge in [-0.1, -0.05) is 24.3 Å². The van der Waals surface area contributed by atoms with Crippen LogP contribution in [0.3, 0.4) is 0 Å². The molecule has 1 amide bonds. The highest BCUT2D eigenvalue weighted by Gasteiger charge is 2.20.